The van der Waals surface area contributed by atoms with Crippen LogP contribution in [0.1, 0.15) is 38.7 Å². The molecular weight excluding hydrogens is 198 g/mol. The molecule has 0 aliphatic rings. The highest BCUT2D eigenvalue weighted by molar-refractivity contribution is 5.28. The molecule has 1 aromatic rings. The molecule has 0 saturated carbocycles. The molecule has 0 aliphatic heterocycles. The molecule has 2 heteroatoms. The lowest BCUT2D eigenvalue weighted by atomic mass is 9.97. The summed E-state index contributed by atoms with van der Waals surface area (Å²) in [6.07, 6.45) is 4.55. The molecule has 0 heterocycles. The van der Waals surface area contributed by atoms with Crippen LogP contribution in [-0.2, 0) is 6.42 Å². The zero-order chi connectivity index (χ0) is 12.0. The van der Waals surface area contributed by atoms with Gasteiger partial charge in [-0.3, -0.25) is 0 Å². The second-order valence-corrected chi connectivity index (χ2v) is 5.05. The first-order chi connectivity index (χ1) is 7.51. The summed E-state index contributed by atoms with van der Waals surface area (Å²) in [5, 5.41) is 0. The van der Waals surface area contributed by atoms with E-state index < -0.39 is 0 Å². The van der Waals surface area contributed by atoms with Gasteiger partial charge < -0.3 is 10.5 Å². The molecule has 0 fully saturated rings. The maximum absolute atomic E-state index is 5.94. The van der Waals surface area contributed by atoms with Gasteiger partial charge in [0.15, 0.2) is 0 Å². The number of rotatable bonds is 6. The predicted molar refractivity (Wildman–Crippen MR) is 68.8 cm³/mol. The molecule has 0 atom stereocenters. The highest BCUT2D eigenvalue weighted by Gasteiger charge is 2.09. The van der Waals surface area contributed by atoms with Crippen LogP contribution in [0.15, 0.2) is 24.3 Å². The Kier molecular flexibility index (Phi) is 4.81. The summed E-state index contributed by atoms with van der Waals surface area (Å²) in [6, 6.07) is 8.28. The standard InChI is InChI=1S/C14H23NO/c1-14(2,15)10-5-4-7-12-8-6-9-13(11-12)16-3/h6,8-9,11H,4-5,7,10,15H2,1-3H3. The SMILES string of the molecule is COc1cccc(CCCCC(C)(C)N)c1. The molecule has 0 unspecified atom stereocenters. The van der Waals surface area contributed by atoms with Gasteiger partial charge in [-0.1, -0.05) is 18.6 Å². The molecule has 2 nitrogen and oxygen atoms in total. The maximum Gasteiger partial charge on any atom is 0.119 e. The number of nitrogens with two attached hydrogens (primary N) is 1. The molecule has 0 aromatic heterocycles. The molecule has 0 saturated heterocycles. The van der Waals surface area contributed by atoms with Gasteiger partial charge in [-0.2, -0.15) is 0 Å². The first kappa shape index (κ1) is 13.0. The first-order valence-electron chi connectivity index (χ1n) is 5.93. The topological polar surface area (TPSA) is 35.2 Å². The van der Waals surface area contributed by atoms with Crippen LogP contribution < -0.4 is 10.5 Å². The molecule has 0 bridgehead atoms. The van der Waals surface area contributed by atoms with E-state index in [2.05, 4.69) is 26.0 Å². The molecule has 2 N–H and O–H groups in total. The maximum atomic E-state index is 5.94. The van der Waals surface area contributed by atoms with Crippen LogP contribution in [0.2, 0.25) is 0 Å². The van der Waals surface area contributed by atoms with Crippen molar-refractivity contribution in [2.24, 2.45) is 5.73 Å². The lowest BCUT2D eigenvalue weighted by Gasteiger charge is -2.17. The fraction of sp³-hybridized carbons (Fsp3) is 0.571. The van der Waals surface area contributed by atoms with Crippen molar-refractivity contribution >= 4 is 0 Å². The van der Waals surface area contributed by atoms with Gasteiger partial charge in [0.25, 0.3) is 0 Å². The minimum absolute atomic E-state index is 0.0334. The Morgan fingerprint density at radius 1 is 1.25 bits per heavy atom. The summed E-state index contributed by atoms with van der Waals surface area (Å²) in [5.41, 5.74) is 7.25. The number of methoxy groups -OCH3 is 1. The summed E-state index contributed by atoms with van der Waals surface area (Å²) in [5.74, 6) is 0.941. The summed E-state index contributed by atoms with van der Waals surface area (Å²) < 4.78 is 5.20. The first-order valence-corrected chi connectivity index (χ1v) is 5.93. The van der Waals surface area contributed by atoms with Gasteiger partial charge in [-0.05, 0) is 50.8 Å². The van der Waals surface area contributed by atoms with E-state index in [9.17, 15) is 0 Å². The smallest absolute Gasteiger partial charge is 0.119 e. The van der Waals surface area contributed by atoms with Gasteiger partial charge in [0.1, 0.15) is 5.75 Å². The Hall–Kier alpha value is -1.02. The van der Waals surface area contributed by atoms with Crippen LogP contribution in [-0.4, -0.2) is 12.6 Å². The average Bonchev–Trinajstić information content (AvgIpc) is 2.23. The Morgan fingerprint density at radius 3 is 2.62 bits per heavy atom. The fourth-order valence-electron chi connectivity index (χ4n) is 1.74. The molecule has 1 rings (SSSR count). The average molecular weight is 221 g/mol. The monoisotopic (exact) mass is 221 g/mol. The van der Waals surface area contributed by atoms with E-state index in [1.807, 2.05) is 12.1 Å². The molecule has 0 radical (unpaired) electrons. The zero-order valence-electron chi connectivity index (χ0n) is 10.6. The second kappa shape index (κ2) is 5.90. The minimum atomic E-state index is -0.0334. The minimum Gasteiger partial charge on any atom is -0.497 e. The van der Waals surface area contributed by atoms with Crippen molar-refractivity contribution in [3.8, 4) is 5.75 Å². The van der Waals surface area contributed by atoms with Crippen LogP contribution in [0.4, 0.5) is 0 Å². The van der Waals surface area contributed by atoms with Crippen molar-refractivity contribution in [3.05, 3.63) is 29.8 Å². The highest BCUT2D eigenvalue weighted by atomic mass is 16.5. The summed E-state index contributed by atoms with van der Waals surface area (Å²) in [7, 11) is 1.70. The molecule has 90 valence electrons. The lowest BCUT2D eigenvalue weighted by molar-refractivity contribution is 0.414. The van der Waals surface area contributed by atoms with Crippen LogP contribution in [0.25, 0.3) is 0 Å². The number of benzene rings is 1. The highest BCUT2D eigenvalue weighted by Crippen LogP contribution is 2.16. The van der Waals surface area contributed by atoms with E-state index in [0.29, 0.717) is 0 Å². The number of hydrogen-bond donors (Lipinski definition) is 1. The lowest BCUT2D eigenvalue weighted by Crippen LogP contribution is -2.31. The van der Waals surface area contributed by atoms with E-state index >= 15 is 0 Å². The van der Waals surface area contributed by atoms with Gasteiger partial charge in [0.2, 0.25) is 0 Å². The zero-order valence-corrected chi connectivity index (χ0v) is 10.6. The Balaban J connectivity index is 2.32. The van der Waals surface area contributed by atoms with Crippen molar-refractivity contribution in [1.82, 2.24) is 0 Å². The third-order valence-corrected chi connectivity index (χ3v) is 2.67. The molecule has 0 amide bonds. The Bertz CT molecular complexity index is 315. The van der Waals surface area contributed by atoms with Gasteiger partial charge in [0.05, 0.1) is 7.11 Å². The third-order valence-electron chi connectivity index (χ3n) is 2.67. The van der Waals surface area contributed by atoms with Crippen LogP contribution in [0, 0.1) is 0 Å². The van der Waals surface area contributed by atoms with Gasteiger partial charge in [-0.15, -0.1) is 0 Å². The van der Waals surface area contributed by atoms with Crippen molar-refractivity contribution in [2.45, 2.75) is 45.1 Å². The third kappa shape index (κ3) is 5.17. The normalized spacial score (nSPS) is 11.5. The summed E-state index contributed by atoms with van der Waals surface area (Å²) in [6.45, 7) is 4.16. The summed E-state index contributed by atoms with van der Waals surface area (Å²) in [4.78, 5) is 0. The van der Waals surface area contributed by atoms with Gasteiger partial charge in [-0.25, -0.2) is 0 Å². The number of aryl methyl sites for hydroxylation is 1. The van der Waals surface area contributed by atoms with Gasteiger partial charge in [0, 0.05) is 5.54 Å². The Morgan fingerprint density at radius 2 is 2.00 bits per heavy atom. The van der Waals surface area contributed by atoms with E-state index in [0.717, 1.165) is 18.6 Å². The molecule has 0 aliphatic carbocycles. The second-order valence-electron chi connectivity index (χ2n) is 5.05. The van der Waals surface area contributed by atoms with E-state index in [-0.39, 0.29) is 5.54 Å². The molecular formula is C14H23NO. The fourth-order valence-corrected chi connectivity index (χ4v) is 1.74. The molecule has 0 spiro atoms. The number of hydrogen-bond acceptors (Lipinski definition) is 2. The molecule has 16 heavy (non-hydrogen) atoms. The quantitative estimate of drug-likeness (QED) is 0.749. The van der Waals surface area contributed by atoms with E-state index in [4.69, 9.17) is 10.5 Å². The van der Waals surface area contributed by atoms with Crippen LogP contribution in [0.5, 0.6) is 5.75 Å². The van der Waals surface area contributed by atoms with Gasteiger partial charge >= 0.3 is 0 Å². The molecule has 1 aromatic carbocycles. The largest absolute Gasteiger partial charge is 0.497 e. The summed E-state index contributed by atoms with van der Waals surface area (Å²) >= 11 is 0. The predicted octanol–water partition coefficient (Wildman–Crippen LogP) is 3.15. The Labute approximate surface area is 98.8 Å². The van der Waals surface area contributed by atoms with Crippen LogP contribution in [0.3, 0.4) is 0 Å². The number of unbranched alkanes of at least 4 members (excludes halogenated alkanes) is 1. The van der Waals surface area contributed by atoms with E-state index in [1.54, 1.807) is 7.11 Å². The number of ether oxygens (including phenoxy) is 1. The van der Waals surface area contributed by atoms with Crippen LogP contribution >= 0.6 is 0 Å². The van der Waals surface area contributed by atoms with Crippen molar-refractivity contribution < 1.29 is 4.74 Å². The van der Waals surface area contributed by atoms with Crippen molar-refractivity contribution in [1.29, 1.82) is 0 Å². The van der Waals surface area contributed by atoms with Crippen molar-refractivity contribution in [3.63, 3.8) is 0 Å². The van der Waals surface area contributed by atoms with Crippen molar-refractivity contribution in [2.75, 3.05) is 7.11 Å². The van der Waals surface area contributed by atoms with E-state index in [1.165, 1.54) is 18.4 Å².